The highest BCUT2D eigenvalue weighted by Gasteiger charge is 1.88. The summed E-state index contributed by atoms with van der Waals surface area (Å²) in [5.74, 6) is 0. The Morgan fingerprint density at radius 2 is 2.14 bits per heavy atom. The summed E-state index contributed by atoms with van der Waals surface area (Å²) in [6.07, 6.45) is -0.0926. The number of hydrogen-bond donors (Lipinski definition) is 0. The minimum Gasteiger partial charge on any atom is -0.358 e. The Hall–Kier alpha value is -0.440. The second kappa shape index (κ2) is 3.74. The van der Waals surface area contributed by atoms with Gasteiger partial charge >= 0.3 is 0 Å². The lowest BCUT2D eigenvalue weighted by Gasteiger charge is -1.96. The van der Waals surface area contributed by atoms with Crippen LogP contribution in [-0.2, 0) is 4.74 Å². The Morgan fingerprint density at radius 3 is 2.29 bits per heavy atom. The van der Waals surface area contributed by atoms with Crippen LogP contribution < -0.4 is 0 Å². The summed E-state index contributed by atoms with van der Waals surface area (Å²) in [5, 5.41) is 7.15. The van der Waals surface area contributed by atoms with Crippen molar-refractivity contribution < 1.29 is 4.74 Å². The van der Waals surface area contributed by atoms with Gasteiger partial charge in [-0.3, -0.25) is 0 Å². The van der Waals surface area contributed by atoms with E-state index in [0.29, 0.717) is 0 Å². The Kier molecular flexibility index (Phi) is 3.50. The van der Waals surface area contributed by atoms with Crippen LogP contribution in [0.5, 0.6) is 0 Å². The van der Waals surface area contributed by atoms with Gasteiger partial charge in [0.05, 0.1) is 0 Å². The van der Waals surface area contributed by atoms with Crippen molar-refractivity contribution >= 4 is 0 Å². The second-order valence-electron chi connectivity index (χ2n) is 1.15. The molecule has 0 saturated carbocycles. The molecule has 3 heteroatoms. The van der Waals surface area contributed by atoms with Crippen LogP contribution >= 0.6 is 0 Å². The maximum Gasteiger partial charge on any atom is 0.165 e. The maximum absolute atomic E-state index is 4.73. The molecule has 0 amide bonds. The van der Waals surface area contributed by atoms with Gasteiger partial charge in [0.2, 0.25) is 0 Å². The fourth-order valence-electron chi connectivity index (χ4n) is 0.210. The summed E-state index contributed by atoms with van der Waals surface area (Å²) >= 11 is 0. The number of hydrogen-bond acceptors (Lipinski definition) is 3. The van der Waals surface area contributed by atoms with Gasteiger partial charge in [0, 0.05) is 14.2 Å². The zero-order valence-electron chi connectivity index (χ0n) is 4.88. The summed E-state index contributed by atoms with van der Waals surface area (Å²) in [4.78, 5) is 0. The summed E-state index contributed by atoms with van der Waals surface area (Å²) in [6, 6.07) is 0. The van der Waals surface area contributed by atoms with Crippen LogP contribution in [0.3, 0.4) is 0 Å². The number of methoxy groups -OCH3 is 1. The van der Waals surface area contributed by atoms with Gasteiger partial charge in [0.25, 0.3) is 0 Å². The van der Waals surface area contributed by atoms with E-state index in [2.05, 4.69) is 10.2 Å². The summed E-state index contributed by atoms with van der Waals surface area (Å²) in [6.45, 7) is 1.83. The molecule has 0 radical (unpaired) electrons. The molecule has 0 aliphatic heterocycles. The molecule has 0 saturated heterocycles. The van der Waals surface area contributed by atoms with Crippen molar-refractivity contribution in [3.8, 4) is 0 Å². The zero-order valence-corrected chi connectivity index (χ0v) is 4.88. The van der Waals surface area contributed by atoms with Crippen molar-refractivity contribution in [3.05, 3.63) is 0 Å². The third kappa shape index (κ3) is 3.39. The van der Waals surface area contributed by atoms with Crippen LogP contribution in [0.25, 0.3) is 0 Å². The quantitative estimate of drug-likeness (QED) is 0.480. The molecule has 0 spiro atoms. The first-order valence-electron chi connectivity index (χ1n) is 2.13. The highest BCUT2D eigenvalue weighted by atomic mass is 16.5. The lowest BCUT2D eigenvalue weighted by Crippen LogP contribution is -1.97. The predicted octanol–water partition coefficient (Wildman–Crippen LogP) is 1.06. The molecule has 0 aromatic rings. The van der Waals surface area contributed by atoms with Crippen LogP contribution in [0, 0.1) is 0 Å². The van der Waals surface area contributed by atoms with E-state index in [0.717, 1.165) is 0 Å². The Labute approximate surface area is 43.4 Å². The lowest BCUT2D eigenvalue weighted by molar-refractivity contribution is 0.120. The number of ether oxygens (including phenoxy) is 1. The van der Waals surface area contributed by atoms with Crippen LogP contribution in [0.2, 0.25) is 0 Å². The first kappa shape index (κ1) is 6.56. The van der Waals surface area contributed by atoms with Crippen LogP contribution in [-0.4, -0.2) is 20.4 Å². The van der Waals surface area contributed by atoms with Crippen molar-refractivity contribution in [1.29, 1.82) is 0 Å². The van der Waals surface area contributed by atoms with E-state index in [9.17, 15) is 0 Å². The number of azo groups is 1. The van der Waals surface area contributed by atoms with E-state index in [1.807, 2.05) is 6.92 Å². The molecule has 0 aliphatic carbocycles. The normalized spacial score (nSPS) is 15.3. The van der Waals surface area contributed by atoms with Crippen molar-refractivity contribution in [3.63, 3.8) is 0 Å². The Balaban J connectivity index is 3.16. The van der Waals surface area contributed by atoms with Crippen LogP contribution in [0.15, 0.2) is 10.2 Å². The Bertz CT molecular complexity index is 62.7. The summed E-state index contributed by atoms with van der Waals surface area (Å²) < 4.78 is 4.73. The van der Waals surface area contributed by atoms with E-state index in [1.54, 1.807) is 14.2 Å². The van der Waals surface area contributed by atoms with Gasteiger partial charge in [0.15, 0.2) is 6.23 Å². The van der Waals surface area contributed by atoms with Crippen molar-refractivity contribution in [1.82, 2.24) is 0 Å². The zero-order chi connectivity index (χ0) is 5.70. The van der Waals surface area contributed by atoms with E-state index >= 15 is 0 Å². The average Bonchev–Trinajstić information content (AvgIpc) is 1.68. The third-order valence-corrected chi connectivity index (χ3v) is 0.619. The fourth-order valence-corrected chi connectivity index (χ4v) is 0.210. The maximum atomic E-state index is 4.73. The molecule has 42 valence electrons. The fraction of sp³-hybridized carbons (Fsp3) is 1.00. The average molecular weight is 102 g/mol. The minimum absolute atomic E-state index is 0.0926. The highest BCUT2D eigenvalue weighted by molar-refractivity contribution is 4.33. The number of rotatable bonds is 2. The molecule has 3 nitrogen and oxygen atoms in total. The molecule has 7 heavy (non-hydrogen) atoms. The standard InChI is InChI=1S/C4H10N2O/c1-4(7-3)6-5-2/h4H,1-3H3. The van der Waals surface area contributed by atoms with Crippen molar-refractivity contribution in [2.24, 2.45) is 10.2 Å². The van der Waals surface area contributed by atoms with Gasteiger partial charge in [-0.25, -0.2) is 0 Å². The highest BCUT2D eigenvalue weighted by Crippen LogP contribution is 1.87. The summed E-state index contributed by atoms with van der Waals surface area (Å²) in [7, 11) is 3.22. The topological polar surface area (TPSA) is 34.0 Å². The molecule has 0 fully saturated rings. The molecular weight excluding hydrogens is 92.1 g/mol. The SMILES string of the molecule is CN=NC(C)OC. The van der Waals surface area contributed by atoms with E-state index in [4.69, 9.17) is 4.74 Å². The first-order valence-corrected chi connectivity index (χ1v) is 2.13. The largest absolute Gasteiger partial charge is 0.358 e. The molecule has 0 aliphatic rings. The van der Waals surface area contributed by atoms with E-state index < -0.39 is 0 Å². The molecule has 1 atom stereocenters. The smallest absolute Gasteiger partial charge is 0.165 e. The molecule has 0 heterocycles. The minimum atomic E-state index is -0.0926. The number of nitrogens with zero attached hydrogens (tertiary/aromatic N) is 2. The van der Waals surface area contributed by atoms with E-state index in [-0.39, 0.29) is 6.23 Å². The van der Waals surface area contributed by atoms with Gasteiger partial charge in [-0.15, -0.1) is 0 Å². The van der Waals surface area contributed by atoms with E-state index in [1.165, 1.54) is 0 Å². The second-order valence-corrected chi connectivity index (χ2v) is 1.15. The molecule has 0 rings (SSSR count). The molecular formula is C4H10N2O. The summed E-state index contributed by atoms with van der Waals surface area (Å²) in [5.41, 5.74) is 0. The van der Waals surface area contributed by atoms with Crippen molar-refractivity contribution in [2.45, 2.75) is 13.2 Å². The van der Waals surface area contributed by atoms with Crippen LogP contribution in [0.4, 0.5) is 0 Å². The van der Waals surface area contributed by atoms with Crippen molar-refractivity contribution in [2.75, 3.05) is 14.2 Å². The van der Waals surface area contributed by atoms with Gasteiger partial charge in [-0.2, -0.15) is 10.2 Å². The monoisotopic (exact) mass is 102 g/mol. The van der Waals surface area contributed by atoms with Gasteiger partial charge in [-0.05, 0) is 6.92 Å². The molecule has 1 unspecified atom stereocenters. The van der Waals surface area contributed by atoms with Gasteiger partial charge < -0.3 is 4.74 Å². The van der Waals surface area contributed by atoms with Crippen LogP contribution in [0.1, 0.15) is 6.92 Å². The molecule has 0 N–H and O–H groups in total. The van der Waals surface area contributed by atoms with Gasteiger partial charge in [-0.1, -0.05) is 0 Å². The molecule has 0 bridgehead atoms. The van der Waals surface area contributed by atoms with Gasteiger partial charge in [0.1, 0.15) is 0 Å². The predicted molar refractivity (Wildman–Crippen MR) is 27.3 cm³/mol. The Morgan fingerprint density at radius 1 is 1.57 bits per heavy atom. The molecule has 0 aromatic carbocycles. The lowest BCUT2D eigenvalue weighted by atomic mass is 10.7. The first-order chi connectivity index (χ1) is 3.31. The third-order valence-electron chi connectivity index (χ3n) is 0.619. The molecule has 0 aromatic heterocycles.